The van der Waals surface area contributed by atoms with Crippen LogP contribution in [0.4, 0.5) is 0 Å². The van der Waals surface area contributed by atoms with E-state index in [9.17, 15) is 9.59 Å². The molecule has 21 heavy (non-hydrogen) atoms. The minimum atomic E-state index is -1.39. The van der Waals surface area contributed by atoms with Crippen molar-refractivity contribution in [1.82, 2.24) is 0 Å². The number of esters is 2. The summed E-state index contributed by atoms with van der Waals surface area (Å²) >= 11 is 0. The van der Waals surface area contributed by atoms with Gasteiger partial charge in [-0.1, -0.05) is 39.0 Å². The highest BCUT2D eigenvalue weighted by Gasteiger charge is 2.49. The average Bonchev–Trinajstić information content (AvgIpc) is 2.37. The van der Waals surface area contributed by atoms with Crippen LogP contribution in [-0.4, -0.2) is 25.2 Å². The third kappa shape index (κ3) is 5.03. The molecule has 0 atom stereocenters. The second kappa shape index (κ2) is 8.01. The van der Waals surface area contributed by atoms with Crippen molar-refractivity contribution in [3.05, 3.63) is 24.8 Å². The summed E-state index contributed by atoms with van der Waals surface area (Å²) in [7, 11) is 0. The standard InChI is InChI=1S/C17H28O4/c1-8-11-17(14(18)20-9-2,15(19)21-10-3)12-13(4)16(5,6)7/h8H,1,4,9-12H2,2-3,5-7H3. The van der Waals surface area contributed by atoms with Gasteiger partial charge in [0.05, 0.1) is 13.2 Å². The first-order chi connectivity index (χ1) is 9.65. The first kappa shape index (κ1) is 19.4. The van der Waals surface area contributed by atoms with Crippen LogP contribution in [0, 0.1) is 10.8 Å². The molecule has 4 nitrogen and oxygen atoms in total. The van der Waals surface area contributed by atoms with Crippen molar-refractivity contribution in [3.63, 3.8) is 0 Å². The summed E-state index contributed by atoms with van der Waals surface area (Å²) in [6.45, 7) is 17.5. The number of ether oxygens (including phenoxy) is 2. The third-order valence-electron chi connectivity index (χ3n) is 3.40. The monoisotopic (exact) mass is 296 g/mol. The first-order valence-corrected chi connectivity index (χ1v) is 7.29. The van der Waals surface area contributed by atoms with Gasteiger partial charge in [0, 0.05) is 0 Å². The van der Waals surface area contributed by atoms with Crippen molar-refractivity contribution in [2.75, 3.05) is 13.2 Å². The maximum absolute atomic E-state index is 12.4. The molecule has 0 fully saturated rings. The van der Waals surface area contributed by atoms with Crippen LogP contribution in [0.2, 0.25) is 0 Å². The number of rotatable bonds is 8. The van der Waals surface area contributed by atoms with Crippen LogP contribution >= 0.6 is 0 Å². The van der Waals surface area contributed by atoms with Gasteiger partial charge in [-0.25, -0.2) is 0 Å². The van der Waals surface area contributed by atoms with E-state index in [-0.39, 0.29) is 31.5 Å². The predicted molar refractivity (Wildman–Crippen MR) is 83.7 cm³/mol. The normalized spacial score (nSPS) is 11.7. The molecule has 0 saturated carbocycles. The van der Waals surface area contributed by atoms with Gasteiger partial charge in [0.2, 0.25) is 0 Å². The fraction of sp³-hybridized carbons (Fsp3) is 0.647. The second-order valence-corrected chi connectivity index (χ2v) is 6.05. The largest absolute Gasteiger partial charge is 0.465 e. The molecule has 0 aromatic carbocycles. The molecule has 0 aliphatic heterocycles. The lowest BCUT2D eigenvalue weighted by Crippen LogP contribution is -2.43. The Bertz CT molecular complexity index is 384. The number of carbonyl (C=O) groups excluding carboxylic acids is 2. The van der Waals surface area contributed by atoms with Gasteiger partial charge in [-0.3, -0.25) is 9.59 Å². The SMILES string of the molecule is C=CCC(CC(=C)C(C)(C)C)(C(=O)OCC)C(=O)OCC. The third-order valence-corrected chi connectivity index (χ3v) is 3.40. The average molecular weight is 296 g/mol. The van der Waals surface area contributed by atoms with E-state index in [4.69, 9.17) is 9.47 Å². The van der Waals surface area contributed by atoms with Crippen molar-refractivity contribution in [2.45, 2.75) is 47.5 Å². The highest BCUT2D eigenvalue weighted by molar-refractivity contribution is 6.00. The van der Waals surface area contributed by atoms with Crippen molar-refractivity contribution < 1.29 is 19.1 Å². The molecule has 4 heteroatoms. The topological polar surface area (TPSA) is 52.6 Å². The van der Waals surface area contributed by atoms with E-state index in [1.807, 2.05) is 20.8 Å². The molecule has 0 saturated heterocycles. The van der Waals surface area contributed by atoms with Gasteiger partial charge >= 0.3 is 11.9 Å². The lowest BCUT2D eigenvalue weighted by atomic mass is 9.72. The van der Waals surface area contributed by atoms with Crippen molar-refractivity contribution in [1.29, 1.82) is 0 Å². The number of carbonyl (C=O) groups is 2. The smallest absolute Gasteiger partial charge is 0.324 e. The molecular weight excluding hydrogens is 268 g/mol. The van der Waals surface area contributed by atoms with Crippen molar-refractivity contribution >= 4 is 11.9 Å². The molecule has 0 N–H and O–H groups in total. The molecule has 0 aromatic rings. The predicted octanol–water partition coefficient (Wildman–Crippen LogP) is 3.67. The fourth-order valence-corrected chi connectivity index (χ4v) is 1.88. The zero-order valence-electron chi connectivity index (χ0n) is 14.0. The Morgan fingerprint density at radius 3 is 1.76 bits per heavy atom. The molecule has 0 bridgehead atoms. The minimum absolute atomic E-state index is 0.166. The van der Waals surface area contributed by atoms with Gasteiger partial charge in [-0.2, -0.15) is 0 Å². The van der Waals surface area contributed by atoms with Crippen LogP contribution < -0.4 is 0 Å². The van der Waals surface area contributed by atoms with Crippen LogP contribution in [0.25, 0.3) is 0 Å². The molecular formula is C17H28O4. The van der Waals surface area contributed by atoms with E-state index in [1.54, 1.807) is 19.9 Å². The Hall–Kier alpha value is -1.58. The lowest BCUT2D eigenvalue weighted by molar-refractivity contribution is -0.172. The number of hydrogen-bond donors (Lipinski definition) is 0. The van der Waals surface area contributed by atoms with E-state index in [1.165, 1.54) is 0 Å². The Labute approximate surface area is 128 Å². The summed E-state index contributed by atoms with van der Waals surface area (Å²) in [5.41, 5.74) is -0.811. The summed E-state index contributed by atoms with van der Waals surface area (Å²) in [6, 6.07) is 0. The first-order valence-electron chi connectivity index (χ1n) is 7.29. The molecule has 0 aliphatic carbocycles. The highest BCUT2D eigenvalue weighted by Crippen LogP contribution is 2.39. The van der Waals surface area contributed by atoms with Crippen molar-refractivity contribution in [3.8, 4) is 0 Å². The van der Waals surface area contributed by atoms with Gasteiger partial charge < -0.3 is 9.47 Å². The molecule has 0 rings (SSSR count). The Kier molecular flexibility index (Phi) is 7.41. The van der Waals surface area contributed by atoms with Crippen LogP contribution in [-0.2, 0) is 19.1 Å². The number of hydrogen-bond acceptors (Lipinski definition) is 4. The van der Waals surface area contributed by atoms with Gasteiger partial charge in [-0.15, -0.1) is 6.58 Å². The zero-order valence-corrected chi connectivity index (χ0v) is 14.0. The summed E-state index contributed by atoms with van der Waals surface area (Å²) in [5, 5.41) is 0. The molecule has 0 aliphatic rings. The Balaban J connectivity index is 5.67. The fourth-order valence-electron chi connectivity index (χ4n) is 1.88. The quantitative estimate of drug-likeness (QED) is 0.389. The van der Waals surface area contributed by atoms with E-state index >= 15 is 0 Å². The molecule has 0 heterocycles. The van der Waals surface area contributed by atoms with E-state index in [2.05, 4.69) is 13.2 Å². The molecule has 120 valence electrons. The minimum Gasteiger partial charge on any atom is -0.465 e. The molecule has 0 unspecified atom stereocenters. The van der Waals surface area contributed by atoms with Gasteiger partial charge in [-0.05, 0) is 32.1 Å². The van der Waals surface area contributed by atoms with Crippen LogP contribution in [0.3, 0.4) is 0 Å². The summed E-state index contributed by atoms with van der Waals surface area (Å²) in [4.78, 5) is 24.8. The van der Waals surface area contributed by atoms with Crippen LogP contribution in [0.1, 0.15) is 47.5 Å². The molecule has 0 amide bonds. The van der Waals surface area contributed by atoms with Crippen molar-refractivity contribution in [2.24, 2.45) is 10.8 Å². The maximum Gasteiger partial charge on any atom is 0.324 e. The van der Waals surface area contributed by atoms with E-state index in [0.717, 1.165) is 5.57 Å². The van der Waals surface area contributed by atoms with Crippen LogP contribution in [0.5, 0.6) is 0 Å². The van der Waals surface area contributed by atoms with E-state index < -0.39 is 17.4 Å². The van der Waals surface area contributed by atoms with E-state index in [0.29, 0.717) is 0 Å². The van der Waals surface area contributed by atoms with Crippen LogP contribution in [0.15, 0.2) is 24.8 Å². The lowest BCUT2D eigenvalue weighted by Gasteiger charge is -2.32. The van der Waals surface area contributed by atoms with Gasteiger partial charge in [0.25, 0.3) is 0 Å². The Morgan fingerprint density at radius 1 is 1.05 bits per heavy atom. The second-order valence-electron chi connectivity index (χ2n) is 6.05. The highest BCUT2D eigenvalue weighted by atomic mass is 16.6. The molecule has 0 spiro atoms. The molecule has 0 aromatic heterocycles. The summed E-state index contributed by atoms with van der Waals surface area (Å²) in [6.07, 6.45) is 1.91. The van der Waals surface area contributed by atoms with Gasteiger partial charge in [0.1, 0.15) is 0 Å². The number of allylic oxidation sites excluding steroid dienone is 2. The molecule has 0 radical (unpaired) electrons. The summed E-state index contributed by atoms with van der Waals surface area (Å²) < 4.78 is 10.2. The maximum atomic E-state index is 12.4. The Morgan fingerprint density at radius 2 is 1.48 bits per heavy atom. The zero-order chi connectivity index (χ0) is 16.7. The summed E-state index contributed by atoms with van der Waals surface area (Å²) in [5.74, 6) is -1.15. The van der Waals surface area contributed by atoms with Gasteiger partial charge in [0.15, 0.2) is 5.41 Å².